The highest BCUT2D eigenvalue weighted by Gasteiger charge is 2.40. The molecular formula is C15H25NO3. The Labute approximate surface area is 115 Å². The molecule has 108 valence electrons. The maximum atomic E-state index is 12.6. The van der Waals surface area contributed by atoms with Crippen molar-refractivity contribution in [1.82, 2.24) is 4.90 Å². The lowest BCUT2D eigenvalue weighted by molar-refractivity contribution is -0.143. The number of rotatable bonds is 4. The van der Waals surface area contributed by atoms with Gasteiger partial charge in [-0.2, -0.15) is 0 Å². The van der Waals surface area contributed by atoms with Crippen LogP contribution in [0.2, 0.25) is 0 Å². The molecule has 2 rings (SSSR count). The van der Waals surface area contributed by atoms with Crippen molar-refractivity contribution >= 4 is 11.9 Å². The number of hydrogen-bond acceptors (Lipinski definition) is 2. The first-order valence-electron chi connectivity index (χ1n) is 7.52. The van der Waals surface area contributed by atoms with E-state index < -0.39 is 5.97 Å². The van der Waals surface area contributed by atoms with E-state index in [2.05, 4.69) is 6.92 Å². The highest BCUT2D eigenvalue weighted by atomic mass is 16.4. The second-order valence-electron chi connectivity index (χ2n) is 6.46. The summed E-state index contributed by atoms with van der Waals surface area (Å²) >= 11 is 0. The van der Waals surface area contributed by atoms with E-state index >= 15 is 0 Å². The molecule has 1 amide bonds. The van der Waals surface area contributed by atoms with E-state index in [0.717, 1.165) is 38.8 Å². The quantitative estimate of drug-likeness (QED) is 0.852. The minimum Gasteiger partial charge on any atom is -0.481 e. The molecule has 0 radical (unpaired) electrons. The van der Waals surface area contributed by atoms with Gasteiger partial charge in [-0.15, -0.1) is 0 Å². The average Bonchev–Trinajstić information content (AvgIpc) is 2.84. The maximum Gasteiger partial charge on any atom is 0.303 e. The van der Waals surface area contributed by atoms with Crippen LogP contribution >= 0.6 is 0 Å². The molecular weight excluding hydrogens is 242 g/mol. The zero-order valence-electron chi connectivity index (χ0n) is 11.9. The van der Waals surface area contributed by atoms with Crippen LogP contribution in [0.25, 0.3) is 0 Å². The normalized spacial score (nSPS) is 26.4. The molecule has 1 aliphatic carbocycles. The molecule has 19 heavy (non-hydrogen) atoms. The van der Waals surface area contributed by atoms with Gasteiger partial charge in [0.05, 0.1) is 0 Å². The number of carboxylic acid groups (broad SMARTS) is 1. The van der Waals surface area contributed by atoms with Crippen LogP contribution in [0.3, 0.4) is 0 Å². The van der Waals surface area contributed by atoms with Gasteiger partial charge in [-0.1, -0.05) is 19.8 Å². The summed E-state index contributed by atoms with van der Waals surface area (Å²) in [7, 11) is 0. The summed E-state index contributed by atoms with van der Waals surface area (Å²) in [5.74, 6) is -0.0463. The zero-order chi connectivity index (χ0) is 13.9. The summed E-state index contributed by atoms with van der Waals surface area (Å²) in [6.07, 6.45) is 7.38. The molecule has 2 aliphatic rings. The Morgan fingerprint density at radius 1 is 1.26 bits per heavy atom. The molecule has 0 aromatic carbocycles. The van der Waals surface area contributed by atoms with E-state index in [1.54, 1.807) is 0 Å². The lowest BCUT2D eigenvalue weighted by Crippen LogP contribution is -2.46. The van der Waals surface area contributed by atoms with E-state index in [4.69, 9.17) is 5.11 Å². The van der Waals surface area contributed by atoms with Crippen LogP contribution in [0.1, 0.15) is 58.3 Å². The molecule has 1 atom stereocenters. The fourth-order valence-electron chi connectivity index (χ4n) is 3.56. The second-order valence-corrected chi connectivity index (χ2v) is 6.46. The number of aliphatic carboxylic acids is 1. The van der Waals surface area contributed by atoms with Crippen LogP contribution in [-0.4, -0.2) is 35.0 Å². The minimum absolute atomic E-state index is 0.144. The Balaban J connectivity index is 1.89. The average molecular weight is 267 g/mol. The second kappa shape index (κ2) is 5.93. The summed E-state index contributed by atoms with van der Waals surface area (Å²) in [6.45, 7) is 3.73. The Morgan fingerprint density at radius 2 is 1.95 bits per heavy atom. The molecule has 4 nitrogen and oxygen atoms in total. The van der Waals surface area contributed by atoms with Crippen molar-refractivity contribution in [2.24, 2.45) is 11.3 Å². The van der Waals surface area contributed by atoms with Crippen molar-refractivity contribution in [2.45, 2.75) is 58.3 Å². The SMILES string of the molecule is CC1(C(=O)N2CCCC(CCC(=O)O)C2)CCCC1. The van der Waals surface area contributed by atoms with E-state index in [9.17, 15) is 9.59 Å². The standard InChI is InChI=1S/C15H25NO3/c1-15(8-2-3-9-15)14(19)16-10-4-5-12(11-16)6-7-13(17)18/h12H,2-11H2,1H3,(H,17,18). The predicted octanol–water partition coefficient (Wildman–Crippen LogP) is 2.67. The van der Waals surface area contributed by atoms with Gasteiger partial charge in [-0.3, -0.25) is 9.59 Å². The smallest absolute Gasteiger partial charge is 0.303 e. The van der Waals surface area contributed by atoms with Gasteiger partial charge in [0.15, 0.2) is 0 Å². The summed E-state index contributed by atoms with van der Waals surface area (Å²) in [4.78, 5) is 25.3. The van der Waals surface area contributed by atoms with Gasteiger partial charge in [0.1, 0.15) is 0 Å². The first-order valence-corrected chi connectivity index (χ1v) is 7.52. The highest BCUT2D eigenvalue weighted by molar-refractivity contribution is 5.82. The third-order valence-electron chi connectivity index (χ3n) is 4.80. The van der Waals surface area contributed by atoms with Crippen LogP contribution in [0.4, 0.5) is 0 Å². The number of likely N-dealkylation sites (tertiary alicyclic amines) is 1. The van der Waals surface area contributed by atoms with Gasteiger partial charge < -0.3 is 10.0 Å². The van der Waals surface area contributed by atoms with Gasteiger partial charge in [-0.05, 0) is 38.0 Å². The van der Waals surface area contributed by atoms with Gasteiger partial charge >= 0.3 is 5.97 Å². The largest absolute Gasteiger partial charge is 0.481 e. The molecule has 0 aromatic heterocycles. The fraction of sp³-hybridized carbons (Fsp3) is 0.867. The van der Waals surface area contributed by atoms with Crippen molar-refractivity contribution in [3.8, 4) is 0 Å². The summed E-state index contributed by atoms with van der Waals surface area (Å²) < 4.78 is 0. The summed E-state index contributed by atoms with van der Waals surface area (Å²) in [6, 6.07) is 0. The molecule has 1 aliphatic heterocycles. The molecule has 1 saturated heterocycles. The molecule has 1 saturated carbocycles. The van der Waals surface area contributed by atoms with Gasteiger partial charge in [0, 0.05) is 24.9 Å². The highest BCUT2D eigenvalue weighted by Crippen LogP contribution is 2.40. The van der Waals surface area contributed by atoms with Crippen molar-refractivity contribution in [2.75, 3.05) is 13.1 Å². The molecule has 2 fully saturated rings. The Bertz CT molecular complexity index is 347. The molecule has 0 aromatic rings. The number of piperidine rings is 1. The molecule has 1 heterocycles. The number of carbonyl (C=O) groups is 2. The minimum atomic E-state index is -0.730. The number of hydrogen-bond donors (Lipinski definition) is 1. The van der Waals surface area contributed by atoms with E-state index in [1.165, 1.54) is 12.8 Å². The van der Waals surface area contributed by atoms with Crippen molar-refractivity contribution in [3.05, 3.63) is 0 Å². The van der Waals surface area contributed by atoms with Crippen molar-refractivity contribution in [3.63, 3.8) is 0 Å². The van der Waals surface area contributed by atoms with Crippen LogP contribution in [0.15, 0.2) is 0 Å². The molecule has 0 bridgehead atoms. The van der Waals surface area contributed by atoms with Crippen molar-refractivity contribution in [1.29, 1.82) is 0 Å². The summed E-state index contributed by atoms with van der Waals surface area (Å²) in [5, 5.41) is 8.75. The zero-order valence-corrected chi connectivity index (χ0v) is 11.9. The third-order valence-corrected chi connectivity index (χ3v) is 4.80. The fourth-order valence-corrected chi connectivity index (χ4v) is 3.56. The lowest BCUT2D eigenvalue weighted by Gasteiger charge is -2.37. The predicted molar refractivity (Wildman–Crippen MR) is 72.7 cm³/mol. The van der Waals surface area contributed by atoms with Crippen LogP contribution < -0.4 is 0 Å². The monoisotopic (exact) mass is 267 g/mol. The molecule has 4 heteroatoms. The number of carbonyl (C=O) groups excluding carboxylic acids is 1. The first-order chi connectivity index (χ1) is 9.01. The van der Waals surface area contributed by atoms with E-state index in [-0.39, 0.29) is 11.8 Å². The van der Waals surface area contributed by atoms with Crippen molar-refractivity contribution < 1.29 is 14.7 Å². The first kappa shape index (κ1) is 14.4. The molecule has 0 spiro atoms. The molecule has 1 unspecified atom stereocenters. The van der Waals surface area contributed by atoms with E-state index in [0.29, 0.717) is 18.2 Å². The number of amides is 1. The van der Waals surface area contributed by atoms with Crippen LogP contribution in [-0.2, 0) is 9.59 Å². The number of carboxylic acids is 1. The van der Waals surface area contributed by atoms with E-state index in [1.807, 2.05) is 4.90 Å². The van der Waals surface area contributed by atoms with Gasteiger partial charge in [0.2, 0.25) is 5.91 Å². The topological polar surface area (TPSA) is 57.6 Å². The lowest BCUT2D eigenvalue weighted by atomic mass is 9.85. The summed E-state index contributed by atoms with van der Waals surface area (Å²) in [5.41, 5.74) is -0.144. The Morgan fingerprint density at radius 3 is 2.58 bits per heavy atom. The number of nitrogens with zero attached hydrogens (tertiary/aromatic N) is 1. The van der Waals surface area contributed by atoms with Gasteiger partial charge in [0.25, 0.3) is 0 Å². The third kappa shape index (κ3) is 3.48. The Hall–Kier alpha value is -1.06. The molecule has 1 N–H and O–H groups in total. The maximum absolute atomic E-state index is 12.6. The Kier molecular flexibility index (Phi) is 4.48. The van der Waals surface area contributed by atoms with Crippen LogP contribution in [0, 0.1) is 11.3 Å². The van der Waals surface area contributed by atoms with Crippen LogP contribution in [0.5, 0.6) is 0 Å². The van der Waals surface area contributed by atoms with Gasteiger partial charge in [-0.25, -0.2) is 0 Å².